The third kappa shape index (κ3) is 3.45. The van der Waals surface area contributed by atoms with E-state index in [-0.39, 0.29) is 27.5 Å². The number of nitrogens with two attached hydrogens (primary N) is 1. The lowest BCUT2D eigenvalue weighted by atomic mass is 10.2. The van der Waals surface area contributed by atoms with Gasteiger partial charge in [0.25, 0.3) is 10.1 Å². The van der Waals surface area contributed by atoms with Crippen LogP contribution in [-0.2, 0) is 10.1 Å². The van der Waals surface area contributed by atoms with Crippen LogP contribution < -0.4 is 5.73 Å². The van der Waals surface area contributed by atoms with E-state index in [9.17, 15) is 13.2 Å². The monoisotopic (exact) mass is 321 g/mol. The molecule has 22 heavy (non-hydrogen) atoms. The quantitative estimate of drug-likeness (QED) is 0.449. The molecule has 8 nitrogen and oxygen atoms in total. The van der Waals surface area contributed by atoms with Gasteiger partial charge in [0.1, 0.15) is 11.4 Å². The second-order valence-corrected chi connectivity index (χ2v) is 5.64. The van der Waals surface area contributed by atoms with Gasteiger partial charge in [0.2, 0.25) is 0 Å². The van der Waals surface area contributed by atoms with E-state index in [2.05, 4.69) is 10.2 Å². The third-order valence-electron chi connectivity index (χ3n) is 2.70. The molecule has 0 unspecified atom stereocenters. The Hall–Kier alpha value is -2.78. The van der Waals surface area contributed by atoms with Gasteiger partial charge in [0.05, 0.1) is 16.1 Å². The minimum absolute atomic E-state index is 0.00434. The van der Waals surface area contributed by atoms with E-state index in [4.69, 9.17) is 15.4 Å². The molecule has 2 aromatic rings. The molecule has 2 aromatic carbocycles. The average molecular weight is 321 g/mol. The standard InChI is InChI=1S/C13H11N3O5S/c14-10-6-5-8(22(19,20)21)7-12(10)16-15-11-4-2-1-3-9(11)13(17)18/h1-7H,14H2,(H,17,18)(H,19,20,21). The molecule has 0 aromatic heterocycles. The minimum atomic E-state index is -4.40. The predicted molar refractivity (Wildman–Crippen MR) is 78.2 cm³/mol. The Morgan fingerprint density at radius 3 is 2.32 bits per heavy atom. The minimum Gasteiger partial charge on any atom is -0.478 e. The van der Waals surface area contributed by atoms with E-state index in [1.54, 1.807) is 6.07 Å². The van der Waals surface area contributed by atoms with Gasteiger partial charge < -0.3 is 10.8 Å². The highest BCUT2D eigenvalue weighted by molar-refractivity contribution is 7.85. The summed E-state index contributed by atoms with van der Waals surface area (Å²) in [5.41, 5.74) is 5.80. The molecule has 4 N–H and O–H groups in total. The molecule has 0 saturated heterocycles. The van der Waals surface area contributed by atoms with Crippen LogP contribution in [0.2, 0.25) is 0 Å². The molecule has 0 spiro atoms. The molecular formula is C13H11N3O5S. The topological polar surface area (TPSA) is 142 Å². The predicted octanol–water partition coefficient (Wildman–Crippen LogP) is 2.63. The zero-order valence-corrected chi connectivity index (χ0v) is 11.9. The number of anilines is 1. The first-order chi connectivity index (χ1) is 10.3. The molecule has 0 saturated carbocycles. The lowest BCUT2D eigenvalue weighted by Gasteiger charge is -2.02. The molecule has 0 aliphatic carbocycles. The number of nitrogens with zero attached hydrogens (tertiary/aromatic N) is 2. The molecule has 0 heterocycles. The van der Waals surface area contributed by atoms with Crippen LogP contribution in [0.3, 0.4) is 0 Å². The van der Waals surface area contributed by atoms with Crippen molar-refractivity contribution < 1.29 is 22.9 Å². The molecule has 9 heteroatoms. The number of hydrogen-bond acceptors (Lipinski definition) is 6. The van der Waals surface area contributed by atoms with Crippen molar-refractivity contribution in [3.8, 4) is 0 Å². The number of benzene rings is 2. The lowest BCUT2D eigenvalue weighted by molar-refractivity contribution is 0.0697. The van der Waals surface area contributed by atoms with E-state index >= 15 is 0 Å². The molecule has 0 aliphatic heterocycles. The summed E-state index contributed by atoms with van der Waals surface area (Å²) in [5, 5.41) is 16.6. The summed E-state index contributed by atoms with van der Waals surface area (Å²) in [6, 6.07) is 9.33. The Bertz CT molecular complexity index is 862. The number of hydrogen-bond donors (Lipinski definition) is 3. The number of carboxylic acid groups (broad SMARTS) is 1. The van der Waals surface area contributed by atoms with E-state index in [0.717, 1.165) is 12.1 Å². The van der Waals surface area contributed by atoms with E-state index < -0.39 is 16.1 Å². The first-order valence-corrected chi connectivity index (χ1v) is 7.34. The van der Waals surface area contributed by atoms with Crippen LogP contribution in [-0.4, -0.2) is 24.0 Å². The van der Waals surface area contributed by atoms with Crippen molar-refractivity contribution in [1.82, 2.24) is 0 Å². The van der Waals surface area contributed by atoms with Crippen LogP contribution in [0.5, 0.6) is 0 Å². The van der Waals surface area contributed by atoms with E-state index in [1.165, 1.54) is 24.3 Å². The van der Waals surface area contributed by atoms with Crippen molar-refractivity contribution >= 4 is 33.1 Å². The van der Waals surface area contributed by atoms with Gasteiger partial charge in [-0.3, -0.25) is 4.55 Å². The number of nitrogen functional groups attached to an aromatic ring is 1. The highest BCUT2D eigenvalue weighted by Crippen LogP contribution is 2.28. The van der Waals surface area contributed by atoms with Crippen molar-refractivity contribution in [1.29, 1.82) is 0 Å². The van der Waals surface area contributed by atoms with Gasteiger partial charge >= 0.3 is 5.97 Å². The molecule has 0 amide bonds. The van der Waals surface area contributed by atoms with Gasteiger partial charge in [0, 0.05) is 0 Å². The largest absolute Gasteiger partial charge is 0.478 e. The van der Waals surface area contributed by atoms with Crippen LogP contribution in [0.1, 0.15) is 10.4 Å². The fraction of sp³-hybridized carbons (Fsp3) is 0. The smallest absolute Gasteiger partial charge is 0.337 e. The van der Waals surface area contributed by atoms with Gasteiger partial charge in [-0.2, -0.15) is 8.42 Å². The molecule has 0 radical (unpaired) electrons. The van der Waals surface area contributed by atoms with E-state index in [0.29, 0.717) is 0 Å². The second kappa shape index (κ2) is 5.92. The van der Waals surface area contributed by atoms with Gasteiger partial charge in [-0.15, -0.1) is 10.2 Å². The summed E-state index contributed by atoms with van der Waals surface area (Å²) in [6.45, 7) is 0. The van der Waals surface area contributed by atoms with Crippen molar-refractivity contribution in [2.45, 2.75) is 4.90 Å². The highest BCUT2D eigenvalue weighted by atomic mass is 32.2. The maximum absolute atomic E-state index is 11.1. The number of carboxylic acids is 1. The van der Waals surface area contributed by atoms with Crippen LogP contribution in [0.15, 0.2) is 57.6 Å². The zero-order valence-electron chi connectivity index (χ0n) is 11.0. The van der Waals surface area contributed by atoms with Crippen molar-refractivity contribution in [3.05, 3.63) is 48.0 Å². The van der Waals surface area contributed by atoms with Crippen LogP contribution >= 0.6 is 0 Å². The first-order valence-electron chi connectivity index (χ1n) is 5.90. The molecule has 2 rings (SSSR count). The second-order valence-electron chi connectivity index (χ2n) is 4.22. The summed E-state index contributed by atoms with van der Waals surface area (Å²) >= 11 is 0. The Morgan fingerprint density at radius 1 is 1.05 bits per heavy atom. The molecular weight excluding hydrogens is 310 g/mol. The average Bonchev–Trinajstić information content (AvgIpc) is 2.45. The van der Waals surface area contributed by atoms with Gasteiger partial charge in [-0.1, -0.05) is 12.1 Å². The number of rotatable bonds is 4. The van der Waals surface area contributed by atoms with Crippen molar-refractivity contribution in [2.24, 2.45) is 10.2 Å². The summed E-state index contributed by atoms with van der Waals surface area (Å²) in [6.07, 6.45) is 0. The molecule has 0 aliphatic rings. The zero-order chi connectivity index (χ0) is 16.3. The Balaban J connectivity index is 2.45. The highest BCUT2D eigenvalue weighted by Gasteiger charge is 2.12. The number of carbonyl (C=O) groups is 1. The Kier molecular flexibility index (Phi) is 4.20. The summed E-state index contributed by atoms with van der Waals surface area (Å²) in [5.74, 6) is -1.17. The summed E-state index contributed by atoms with van der Waals surface area (Å²) in [4.78, 5) is 10.7. The van der Waals surface area contributed by atoms with Crippen LogP contribution in [0.25, 0.3) is 0 Å². The molecule has 0 atom stereocenters. The normalized spacial score (nSPS) is 11.7. The van der Waals surface area contributed by atoms with Gasteiger partial charge in [0.15, 0.2) is 0 Å². The molecule has 0 bridgehead atoms. The lowest BCUT2D eigenvalue weighted by Crippen LogP contribution is -1.98. The van der Waals surface area contributed by atoms with E-state index in [1.807, 2.05) is 0 Å². The summed E-state index contributed by atoms with van der Waals surface area (Å²) < 4.78 is 31.1. The Morgan fingerprint density at radius 2 is 1.68 bits per heavy atom. The van der Waals surface area contributed by atoms with Gasteiger partial charge in [-0.25, -0.2) is 4.79 Å². The maximum atomic E-state index is 11.1. The molecule has 0 fully saturated rings. The number of azo groups is 1. The summed E-state index contributed by atoms with van der Waals surface area (Å²) in [7, 11) is -4.40. The van der Waals surface area contributed by atoms with Crippen LogP contribution in [0, 0.1) is 0 Å². The SMILES string of the molecule is Nc1ccc(S(=O)(=O)O)cc1N=Nc1ccccc1C(=O)O. The molecule has 114 valence electrons. The fourth-order valence-electron chi connectivity index (χ4n) is 1.62. The van der Waals surface area contributed by atoms with Crippen LogP contribution in [0.4, 0.5) is 17.1 Å². The Labute approximate surface area is 125 Å². The first kappa shape index (κ1) is 15.6. The van der Waals surface area contributed by atoms with Crippen molar-refractivity contribution in [2.75, 3.05) is 5.73 Å². The van der Waals surface area contributed by atoms with Crippen molar-refractivity contribution in [3.63, 3.8) is 0 Å². The van der Waals surface area contributed by atoms with Gasteiger partial charge in [-0.05, 0) is 30.3 Å². The fourth-order valence-corrected chi connectivity index (χ4v) is 2.12. The number of aromatic carboxylic acids is 1. The third-order valence-corrected chi connectivity index (χ3v) is 3.55. The maximum Gasteiger partial charge on any atom is 0.337 e.